The monoisotopic (exact) mass is 410 g/mol. The van der Waals surface area contributed by atoms with Crippen molar-refractivity contribution in [3.63, 3.8) is 0 Å². The number of rotatable bonds is 4. The molecule has 0 unspecified atom stereocenters. The first kappa shape index (κ1) is 22.5. The van der Waals surface area contributed by atoms with Crippen molar-refractivity contribution in [2.45, 2.75) is 50.5 Å². The lowest BCUT2D eigenvalue weighted by molar-refractivity contribution is -0.137. The molecule has 0 saturated heterocycles. The molecule has 1 aliphatic rings. The van der Waals surface area contributed by atoms with Gasteiger partial charge in [-0.25, -0.2) is 0 Å². The van der Waals surface area contributed by atoms with E-state index in [1.807, 2.05) is 12.1 Å². The normalized spacial score (nSPS) is 19.1. The maximum atomic E-state index is 12.6. The van der Waals surface area contributed by atoms with Crippen molar-refractivity contribution in [3.8, 4) is 0 Å². The summed E-state index contributed by atoms with van der Waals surface area (Å²) >= 11 is 0. The van der Waals surface area contributed by atoms with Crippen molar-refractivity contribution in [2.24, 2.45) is 0 Å². The highest BCUT2D eigenvalue weighted by Crippen LogP contribution is 2.36. The zero-order chi connectivity index (χ0) is 21.4. The van der Waals surface area contributed by atoms with E-state index in [1.165, 1.54) is 17.7 Å². The van der Waals surface area contributed by atoms with Crippen LogP contribution in [0.5, 0.6) is 0 Å². The summed E-state index contributed by atoms with van der Waals surface area (Å²) in [5.74, 6) is 0.423. The Hall–Kier alpha value is -2.74. The molecule has 0 aromatic heterocycles. The van der Waals surface area contributed by atoms with Crippen molar-refractivity contribution in [3.05, 3.63) is 59.2 Å². The second-order valence-electron chi connectivity index (χ2n) is 7.02. The Bertz CT molecular complexity index is 766. The maximum Gasteiger partial charge on any atom is 0.416 e. The summed E-state index contributed by atoms with van der Waals surface area (Å²) in [6, 6.07) is 10.9. The smallest absolute Gasteiger partial charge is 0.416 e. The molecule has 1 fully saturated rings. The van der Waals surface area contributed by atoms with Crippen molar-refractivity contribution < 1.29 is 27.8 Å². The highest BCUT2D eigenvalue weighted by molar-refractivity contribution is 5.55. The van der Waals surface area contributed by atoms with Crippen LogP contribution in [0.25, 0.3) is 0 Å². The lowest BCUT2D eigenvalue weighted by atomic mass is 9.82. The van der Waals surface area contributed by atoms with Crippen LogP contribution >= 0.6 is 0 Å². The molecule has 0 radical (unpaired) electrons. The Morgan fingerprint density at radius 1 is 1.00 bits per heavy atom. The SMILES string of the molecule is Nc1cc(N)cc(C2CCC(OCc3ccc(C(F)(F)F)cc3)CC2)c1.O=CO. The van der Waals surface area contributed by atoms with Gasteiger partial charge in [0.05, 0.1) is 18.3 Å². The molecule has 29 heavy (non-hydrogen) atoms. The van der Waals surface area contributed by atoms with E-state index in [9.17, 15) is 13.2 Å². The number of alkyl halides is 3. The largest absolute Gasteiger partial charge is 0.483 e. The van der Waals surface area contributed by atoms with E-state index in [1.54, 1.807) is 6.07 Å². The van der Waals surface area contributed by atoms with Gasteiger partial charge in [0.2, 0.25) is 0 Å². The van der Waals surface area contributed by atoms with Gasteiger partial charge in [-0.2, -0.15) is 13.2 Å². The fourth-order valence-corrected chi connectivity index (χ4v) is 3.50. The number of halogens is 3. The molecule has 2 aromatic carbocycles. The van der Waals surface area contributed by atoms with Crippen LogP contribution in [0.15, 0.2) is 42.5 Å². The van der Waals surface area contributed by atoms with Crippen LogP contribution in [-0.4, -0.2) is 17.7 Å². The summed E-state index contributed by atoms with van der Waals surface area (Å²) in [5, 5.41) is 6.89. The van der Waals surface area contributed by atoms with Crippen molar-refractivity contribution in [2.75, 3.05) is 11.5 Å². The number of carbonyl (C=O) groups is 1. The van der Waals surface area contributed by atoms with E-state index >= 15 is 0 Å². The molecule has 0 bridgehead atoms. The Labute approximate surface area is 167 Å². The second kappa shape index (κ2) is 10.2. The Balaban J connectivity index is 0.000000941. The van der Waals surface area contributed by atoms with Gasteiger partial charge in [-0.05, 0) is 73.1 Å². The number of hydrogen-bond acceptors (Lipinski definition) is 4. The molecule has 8 heteroatoms. The third kappa shape index (κ3) is 6.98. The Morgan fingerprint density at radius 2 is 1.52 bits per heavy atom. The molecule has 1 saturated carbocycles. The summed E-state index contributed by atoms with van der Waals surface area (Å²) < 4.78 is 43.6. The molecule has 0 atom stereocenters. The van der Waals surface area contributed by atoms with E-state index in [0.717, 1.165) is 43.4 Å². The molecule has 1 aliphatic carbocycles. The standard InChI is InChI=1S/C20H23F3N2O.CH2O2/c21-20(22,23)16-5-1-13(2-6-16)12-26-19-7-3-14(4-8-19)15-9-17(24)11-18(25)10-15;2-1-3/h1-2,5-6,9-11,14,19H,3-4,7-8,12,24-25H2;1H,(H,2,3). The highest BCUT2D eigenvalue weighted by atomic mass is 19.4. The third-order valence-electron chi connectivity index (χ3n) is 4.91. The van der Waals surface area contributed by atoms with Gasteiger partial charge >= 0.3 is 6.18 Å². The Kier molecular flexibility index (Phi) is 7.90. The van der Waals surface area contributed by atoms with Gasteiger partial charge < -0.3 is 21.3 Å². The topological polar surface area (TPSA) is 98.6 Å². The zero-order valence-corrected chi connectivity index (χ0v) is 15.9. The van der Waals surface area contributed by atoms with E-state index in [4.69, 9.17) is 26.1 Å². The van der Waals surface area contributed by atoms with Crippen LogP contribution in [0.4, 0.5) is 24.5 Å². The number of nitrogen functional groups attached to an aromatic ring is 2. The van der Waals surface area contributed by atoms with Crippen LogP contribution < -0.4 is 11.5 Å². The molecule has 5 nitrogen and oxygen atoms in total. The molecule has 3 rings (SSSR count). The summed E-state index contributed by atoms with van der Waals surface area (Å²) in [5.41, 5.74) is 14.4. The molecule has 0 aliphatic heterocycles. The summed E-state index contributed by atoms with van der Waals surface area (Å²) in [7, 11) is 0. The number of benzene rings is 2. The predicted molar refractivity (Wildman–Crippen MR) is 105 cm³/mol. The second-order valence-corrected chi connectivity index (χ2v) is 7.02. The van der Waals surface area contributed by atoms with Gasteiger partial charge in [-0.15, -0.1) is 0 Å². The summed E-state index contributed by atoms with van der Waals surface area (Å²) in [6.07, 6.45) is -0.365. The van der Waals surface area contributed by atoms with Crippen LogP contribution in [0, 0.1) is 0 Å². The maximum absolute atomic E-state index is 12.6. The first-order valence-corrected chi connectivity index (χ1v) is 9.24. The van der Waals surface area contributed by atoms with E-state index in [2.05, 4.69) is 0 Å². The van der Waals surface area contributed by atoms with Crippen molar-refractivity contribution in [1.82, 2.24) is 0 Å². The van der Waals surface area contributed by atoms with Gasteiger partial charge in [0.25, 0.3) is 6.47 Å². The van der Waals surface area contributed by atoms with Crippen LogP contribution in [0.1, 0.15) is 48.3 Å². The van der Waals surface area contributed by atoms with E-state index < -0.39 is 11.7 Å². The lowest BCUT2D eigenvalue weighted by Gasteiger charge is -2.29. The zero-order valence-electron chi connectivity index (χ0n) is 15.9. The minimum Gasteiger partial charge on any atom is -0.483 e. The number of hydrogen-bond donors (Lipinski definition) is 3. The quantitative estimate of drug-likeness (QED) is 0.496. The molecular formula is C21H25F3N2O3. The van der Waals surface area contributed by atoms with Gasteiger partial charge in [-0.3, -0.25) is 4.79 Å². The molecule has 2 aromatic rings. The van der Waals surface area contributed by atoms with E-state index in [0.29, 0.717) is 23.9 Å². The van der Waals surface area contributed by atoms with Crippen LogP contribution in [0.2, 0.25) is 0 Å². The third-order valence-corrected chi connectivity index (χ3v) is 4.91. The number of ether oxygens (including phenoxy) is 1. The van der Waals surface area contributed by atoms with Crippen LogP contribution in [0.3, 0.4) is 0 Å². The average molecular weight is 410 g/mol. The van der Waals surface area contributed by atoms with E-state index in [-0.39, 0.29) is 12.6 Å². The molecule has 5 N–H and O–H groups in total. The fraction of sp³-hybridized carbons (Fsp3) is 0.381. The summed E-state index contributed by atoms with van der Waals surface area (Å²) in [6.45, 7) is 0.0820. The van der Waals surface area contributed by atoms with Crippen molar-refractivity contribution >= 4 is 17.8 Å². The van der Waals surface area contributed by atoms with Crippen molar-refractivity contribution in [1.29, 1.82) is 0 Å². The van der Waals surface area contributed by atoms with Gasteiger partial charge in [0.1, 0.15) is 0 Å². The summed E-state index contributed by atoms with van der Waals surface area (Å²) in [4.78, 5) is 8.36. The molecule has 0 amide bonds. The first-order valence-electron chi connectivity index (χ1n) is 9.24. The fourth-order valence-electron chi connectivity index (χ4n) is 3.50. The highest BCUT2D eigenvalue weighted by Gasteiger charge is 2.30. The molecule has 158 valence electrons. The van der Waals surface area contributed by atoms with Gasteiger partial charge in [0, 0.05) is 11.4 Å². The number of nitrogens with two attached hydrogens (primary N) is 2. The van der Waals surface area contributed by atoms with Gasteiger partial charge in [0.15, 0.2) is 0 Å². The molecular weight excluding hydrogens is 385 g/mol. The number of carboxylic acid groups (broad SMARTS) is 1. The minimum atomic E-state index is -4.30. The molecule has 0 spiro atoms. The van der Waals surface area contributed by atoms with Gasteiger partial charge in [-0.1, -0.05) is 12.1 Å². The molecule has 0 heterocycles. The first-order chi connectivity index (χ1) is 13.7. The van der Waals surface area contributed by atoms with Crippen LogP contribution in [-0.2, 0) is 22.3 Å². The number of anilines is 2. The average Bonchev–Trinajstić information content (AvgIpc) is 2.66. The predicted octanol–water partition coefficient (Wildman–Crippen LogP) is 4.81. The minimum absolute atomic E-state index is 0.131. The lowest BCUT2D eigenvalue weighted by Crippen LogP contribution is -2.21. The Morgan fingerprint density at radius 3 is 2.00 bits per heavy atom.